The minimum atomic E-state index is 0.254. The molecule has 0 unspecified atom stereocenters. The van der Waals surface area contributed by atoms with Gasteiger partial charge in [-0.15, -0.1) is 0 Å². The number of morpholine rings is 1. The zero-order valence-corrected chi connectivity index (χ0v) is 16.5. The fourth-order valence-corrected chi connectivity index (χ4v) is 3.89. The van der Waals surface area contributed by atoms with Gasteiger partial charge in [-0.1, -0.05) is 36.4 Å². The molecule has 150 valence electrons. The number of carbonyl (C=O) groups excluding carboxylic acids is 1. The van der Waals surface area contributed by atoms with E-state index in [4.69, 9.17) is 4.74 Å². The maximum Gasteiger partial charge on any atom is 0.236 e. The Kier molecular flexibility index (Phi) is 6.13. The molecule has 2 heterocycles. The Bertz CT molecular complexity index is 734. The molecule has 5 nitrogen and oxygen atoms in total. The summed E-state index contributed by atoms with van der Waals surface area (Å²) in [4.78, 5) is 16.7. The summed E-state index contributed by atoms with van der Waals surface area (Å²) in [5.74, 6) is 1.24. The molecule has 0 radical (unpaired) electrons. The van der Waals surface area contributed by atoms with Gasteiger partial charge in [0.1, 0.15) is 5.76 Å². The second-order valence-corrected chi connectivity index (χ2v) is 8.04. The smallest absolute Gasteiger partial charge is 0.236 e. The maximum absolute atomic E-state index is 12.5. The van der Waals surface area contributed by atoms with E-state index < -0.39 is 0 Å². The first-order valence-electron chi connectivity index (χ1n) is 10.5. The van der Waals surface area contributed by atoms with Crippen LogP contribution in [0.4, 0.5) is 0 Å². The molecule has 0 atom stereocenters. The molecule has 1 saturated carbocycles. The molecule has 28 heavy (non-hydrogen) atoms. The van der Waals surface area contributed by atoms with Crippen molar-refractivity contribution in [2.24, 2.45) is 5.92 Å². The number of hydrogen-bond acceptors (Lipinski definition) is 4. The highest BCUT2D eigenvalue weighted by Crippen LogP contribution is 2.34. The van der Waals surface area contributed by atoms with Gasteiger partial charge in [0.15, 0.2) is 0 Å². The molecular weight excluding hydrogens is 352 g/mol. The predicted octanol–water partition coefficient (Wildman–Crippen LogP) is 3.33. The van der Waals surface area contributed by atoms with Gasteiger partial charge in [0.2, 0.25) is 5.91 Å². The van der Waals surface area contributed by atoms with Crippen LogP contribution in [0, 0.1) is 5.92 Å². The molecule has 0 aromatic heterocycles. The first-order chi connectivity index (χ1) is 13.7. The first-order valence-corrected chi connectivity index (χ1v) is 10.5. The fraction of sp³-hybridized carbons (Fsp3) is 0.522. The van der Waals surface area contributed by atoms with Gasteiger partial charge in [-0.25, -0.2) is 0 Å². The molecule has 1 N–H and O–H groups in total. The largest absolute Gasteiger partial charge is 0.507 e. The maximum atomic E-state index is 12.5. The van der Waals surface area contributed by atoms with Crippen molar-refractivity contribution in [1.29, 1.82) is 0 Å². The van der Waals surface area contributed by atoms with Crippen LogP contribution >= 0.6 is 0 Å². The minimum Gasteiger partial charge on any atom is -0.507 e. The second-order valence-electron chi connectivity index (χ2n) is 8.04. The van der Waals surface area contributed by atoms with Crippen molar-refractivity contribution in [3.8, 4) is 0 Å². The van der Waals surface area contributed by atoms with Crippen LogP contribution < -0.4 is 0 Å². The Balaban J connectivity index is 1.23. The summed E-state index contributed by atoms with van der Waals surface area (Å²) in [5.41, 5.74) is 3.23. The van der Waals surface area contributed by atoms with Crippen molar-refractivity contribution in [2.75, 3.05) is 45.9 Å². The van der Waals surface area contributed by atoms with Crippen molar-refractivity contribution in [3.63, 3.8) is 0 Å². The SMILES string of the molecule is O=C(CN1CCOCC1)N1CCC(/C=C/c2ccc(C(O)=C3CC3)cc2)CC1. The molecule has 3 fully saturated rings. The third-order valence-electron chi connectivity index (χ3n) is 5.93. The number of aliphatic hydroxyl groups is 1. The molecule has 2 aliphatic heterocycles. The molecule has 5 heteroatoms. The van der Waals surface area contributed by atoms with E-state index in [1.807, 2.05) is 17.0 Å². The van der Waals surface area contributed by atoms with Gasteiger partial charge in [0.25, 0.3) is 0 Å². The van der Waals surface area contributed by atoms with Crippen molar-refractivity contribution >= 4 is 17.7 Å². The molecule has 2 saturated heterocycles. The third kappa shape index (κ3) is 5.03. The molecule has 3 aliphatic rings. The summed E-state index contributed by atoms with van der Waals surface area (Å²) in [6.45, 7) is 5.41. The number of rotatable bonds is 5. The van der Waals surface area contributed by atoms with Crippen LogP contribution in [0.25, 0.3) is 11.8 Å². The van der Waals surface area contributed by atoms with Gasteiger partial charge in [-0.2, -0.15) is 0 Å². The Morgan fingerprint density at radius 3 is 2.39 bits per heavy atom. The van der Waals surface area contributed by atoms with E-state index in [2.05, 4.69) is 29.2 Å². The van der Waals surface area contributed by atoms with E-state index in [0.717, 1.165) is 76.2 Å². The predicted molar refractivity (Wildman–Crippen MR) is 111 cm³/mol. The average Bonchev–Trinajstić information content (AvgIpc) is 3.59. The zero-order valence-electron chi connectivity index (χ0n) is 16.5. The van der Waals surface area contributed by atoms with Gasteiger partial charge in [-0.3, -0.25) is 9.69 Å². The molecular formula is C23H30N2O3. The lowest BCUT2D eigenvalue weighted by Gasteiger charge is -2.33. The number of carbonyl (C=O) groups is 1. The quantitative estimate of drug-likeness (QED) is 0.794. The number of piperidine rings is 1. The Labute approximate surface area is 167 Å². The molecule has 4 rings (SSSR count). The first kappa shape index (κ1) is 19.2. The number of ether oxygens (including phenoxy) is 1. The minimum absolute atomic E-state index is 0.254. The molecule has 1 aromatic rings. The number of nitrogens with zero attached hydrogens (tertiary/aromatic N) is 2. The van der Waals surface area contributed by atoms with E-state index in [1.165, 1.54) is 5.57 Å². The van der Waals surface area contributed by atoms with Crippen LogP contribution in [0.1, 0.15) is 36.8 Å². The summed E-state index contributed by atoms with van der Waals surface area (Å²) in [6, 6.07) is 8.11. The van der Waals surface area contributed by atoms with Gasteiger partial charge < -0.3 is 14.7 Å². The highest BCUT2D eigenvalue weighted by atomic mass is 16.5. The van der Waals surface area contributed by atoms with Gasteiger partial charge in [-0.05, 0) is 42.7 Å². The molecule has 1 aromatic carbocycles. The van der Waals surface area contributed by atoms with Crippen LogP contribution in [0.15, 0.2) is 35.9 Å². The summed E-state index contributed by atoms with van der Waals surface area (Å²) >= 11 is 0. The Morgan fingerprint density at radius 1 is 1.07 bits per heavy atom. The standard InChI is InChI=1S/C23H30N2O3/c26-22(17-24-13-15-28-16-14-24)25-11-9-19(10-12-25)2-1-18-3-5-20(6-4-18)23(27)21-7-8-21/h1-6,19,27H,7-17H2/b2-1+. The normalized spacial score (nSPS) is 21.3. The van der Waals surface area contributed by atoms with E-state index in [9.17, 15) is 9.90 Å². The van der Waals surface area contributed by atoms with Crippen molar-refractivity contribution in [2.45, 2.75) is 25.7 Å². The highest BCUT2D eigenvalue weighted by molar-refractivity contribution is 5.78. The third-order valence-corrected chi connectivity index (χ3v) is 5.93. The number of likely N-dealkylation sites (tertiary alicyclic amines) is 1. The van der Waals surface area contributed by atoms with Crippen molar-refractivity contribution in [1.82, 2.24) is 9.80 Å². The number of hydrogen-bond donors (Lipinski definition) is 1. The van der Waals surface area contributed by atoms with Gasteiger partial charge in [0, 0.05) is 31.7 Å². The molecule has 0 bridgehead atoms. The van der Waals surface area contributed by atoms with Gasteiger partial charge in [0.05, 0.1) is 19.8 Å². The average molecular weight is 383 g/mol. The molecule has 1 aliphatic carbocycles. The zero-order chi connectivity index (χ0) is 19.3. The van der Waals surface area contributed by atoms with E-state index in [-0.39, 0.29) is 5.91 Å². The summed E-state index contributed by atoms with van der Waals surface area (Å²) in [6.07, 6.45) is 8.55. The van der Waals surface area contributed by atoms with Crippen LogP contribution in [-0.2, 0) is 9.53 Å². The Hall–Kier alpha value is -2.11. The summed E-state index contributed by atoms with van der Waals surface area (Å²) in [5, 5.41) is 10.1. The number of benzene rings is 1. The van der Waals surface area contributed by atoms with Crippen LogP contribution in [0.5, 0.6) is 0 Å². The van der Waals surface area contributed by atoms with E-state index in [0.29, 0.717) is 18.2 Å². The lowest BCUT2D eigenvalue weighted by molar-refractivity contribution is -0.134. The highest BCUT2D eigenvalue weighted by Gasteiger charge is 2.23. The van der Waals surface area contributed by atoms with Crippen LogP contribution in [-0.4, -0.2) is 66.8 Å². The number of allylic oxidation sites excluding steroid dienone is 2. The fourth-order valence-electron chi connectivity index (χ4n) is 3.89. The number of amides is 1. The van der Waals surface area contributed by atoms with E-state index >= 15 is 0 Å². The van der Waals surface area contributed by atoms with E-state index in [1.54, 1.807) is 0 Å². The summed E-state index contributed by atoms with van der Waals surface area (Å²) in [7, 11) is 0. The molecule has 1 amide bonds. The topological polar surface area (TPSA) is 53.0 Å². The van der Waals surface area contributed by atoms with Crippen molar-refractivity contribution in [3.05, 3.63) is 47.0 Å². The van der Waals surface area contributed by atoms with Crippen LogP contribution in [0.2, 0.25) is 0 Å². The second kappa shape index (κ2) is 8.93. The van der Waals surface area contributed by atoms with Crippen LogP contribution in [0.3, 0.4) is 0 Å². The summed E-state index contributed by atoms with van der Waals surface area (Å²) < 4.78 is 5.35. The van der Waals surface area contributed by atoms with Crippen molar-refractivity contribution < 1.29 is 14.6 Å². The number of aliphatic hydroxyl groups excluding tert-OH is 1. The lowest BCUT2D eigenvalue weighted by Crippen LogP contribution is -2.46. The Morgan fingerprint density at radius 2 is 1.75 bits per heavy atom. The molecule has 0 spiro atoms. The monoisotopic (exact) mass is 382 g/mol. The lowest BCUT2D eigenvalue weighted by atomic mass is 9.95. The van der Waals surface area contributed by atoms with Gasteiger partial charge >= 0.3 is 0 Å².